The van der Waals surface area contributed by atoms with Gasteiger partial charge < -0.3 is 29.5 Å². The van der Waals surface area contributed by atoms with E-state index in [0.29, 0.717) is 18.7 Å². The number of aliphatic hydroxyl groups excluding tert-OH is 3. The molecule has 4 aromatic carbocycles. The van der Waals surface area contributed by atoms with Crippen LogP contribution in [0.2, 0.25) is 0 Å². The molecular weight excluding hydrogens is 502 g/mol. The van der Waals surface area contributed by atoms with Gasteiger partial charge in [0.25, 0.3) is 0 Å². The van der Waals surface area contributed by atoms with Crippen molar-refractivity contribution < 1.29 is 34.3 Å². The van der Waals surface area contributed by atoms with Gasteiger partial charge in [-0.05, 0) is 44.3 Å². The second-order valence-electron chi connectivity index (χ2n) is 9.91. The molecule has 5 aromatic rings. The molecule has 1 aliphatic rings. The molecular formula is C29H29N3O7. The predicted molar refractivity (Wildman–Crippen MR) is 142 cm³/mol. The van der Waals surface area contributed by atoms with E-state index in [2.05, 4.69) is 64.9 Å². The zero-order valence-electron chi connectivity index (χ0n) is 21.3. The Balaban J connectivity index is 1.11. The summed E-state index contributed by atoms with van der Waals surface area (Å²) in [5, 5.41) is 46.4. The zero-order chi connectivity index (χ0) is 27.1. The molecule has 10 nitrogen and oxygen atoms in total. The summed E-state index contributed by atoms with van der Waals surface area (Å²) in [7, 11) is 0. The molecule has 1 aliphatic heterocycles. The Morgan fingerprint density at radius 2 is 1.67 bits per heavy atom. The van der Waals surface area contributed by atoms with E-state index < -0.39 is 36.6 Å². The van der Waals surface area contributed by atoms with Crippen LogP contribution in [0, 0.1) is 0 Å². The van der Waals surface area contributed by atoms with Gasteiger partial charge in [0.15, 0.2) is 6.23 Å². The molecule has 3 N–H and O–H groups in total. The number of rotatable bonds is 8. The van der Waals surface area contributed by atoms with Crippen LogP contribution >= 0.6 is 0 Å². The lowest BCUT2D eigenvalue weighted by atomic mass is 9.91. The van der Waals surface area contributed by atoms with Crippen LogP contribution in [0.5, 0.6) is 0 Å². The summed E-state index contributed by atoms with van der Waals surface area (Å²) in [5.74, 6) is -0.551. The zero-order valence-corrected chi connectivity index (χ0v) is 21.3. The number of esters is 1. The first kappa shape index (κ1) is 25.6. The number of ether oxygens (including phenoxy) is 3. The van der Waals surface area contributed by atoms with Gasteiger partial charge >= 0.3 is 5.97 Å². The molecule has 6 rings (SSSR count). The van der Waals surface area contributed by atoms with Crippen molar-refractivity contribution in [2.45, 2.75) is 50.6 Å². The van der Waals surface area contributed by atoms with Gasteiger partial charge in [0.05, 0.1) is 19.4 Å². The van der Waals surface area contributed by atoms with Crippen LogP contribution in [0.15, 0.2) is 60.8 Å². The summed E-state index contributed by atoms with van der Waals surface area (Å²) in [5.41, 5.74) is 1.72. The fourth-order valence-electron chi connectivity index (χ4n) is 5.36. The lowest BCUT2D eigenvalue weighted by molar-refractivity contribution is -0.255. The van der Waals surface area contributed by atoms with Crippen LogP contribution in [0.1, 0.15) is 24.4 Å². The van der Waals surface area contributed by atoms with Crippen molar-refractivity contribution in [3.05, 3.63) is 72.1 Å². The minimum atomic E-state index is -1.52. The molecule has 39 heavy (non-hydrogen) atoms. The van der Waals surface area contributed by atoms with Gasteiger partial charge in [-0.1, -0.05) is 59.8 Å². The molecule has 5 atom stereocenters. The van der Waals surface area contributed by atoms with Crippen molar-refractivity contribution >= 4 is 38.3 Å². The van der Waals surface area contributed by atoms with Gasteiger partial charge in [0.1, 0.15) is 36.7 Å². The minimum Gasteiger partial charge on any atom is -0.463 e. The summed E-state index contributed by atoms with van der Waals surface area (Å²) < 4.78 is 17.8. The second kappa shape index (κ2) is 10.5. The highest BCUT2D eigenvalue weighted by molar-refractivity contribution is 6.23. The highest BCUT2D eigenvalue weighted by Crippen LogP contribution is 2.36. The number of nitrogens with zero attached hydrogens (tertiary/aromatic N) is 3. The lowest BCUT2D eigenvalue weighted by Crippen LogP contribution is -2.56. The summed E-state index contributed by atoms with van der Waals surface area (Å²) in [6.45, 7) is 1.61. The highest BCUT2D eigenvalue weighted by Gasteiger charge is 2.45. The van der Waals surface area contributed by atoms with Crippen LogP contribution in [0.25, 0.3) is 32.3 Å². The first-order valence-corrected chi connectivity index (χ1v) is 12.9. The van der Waals surface area contributed by atoms with Crippen LogP contribution in [0.4, 0.5) is 0 Å². The number of hydrogen-bond acceptors (Lipinski definition) is 9. The lowest BCUT2D eigenvalue weighted by Gasteiger charge is -2.39. The van der Waals surface area contributed by atoms with Crippen molar-refractivity contribution in [3.8, 4) is 0 Å². The highest BCUT2D eigenvalue weighted by atomic mass is 16.6. The maximum absolute atomic E-state index is 11.1. The smallest absolute Gasteiger partial charge is 0.302 e. The third kappa shape index (κ3) is 4.81. The molecule has 1 saturated heterocycles. The van der Waals surface area contributed by atoms with Gasteiger partial charge in [0.2, 0.25) is 0 Å². The van der Waals surface area contributed by atoms with Crippen molar-refractivity contribution in [2.24, 2.45) is 0 Å². The topological polar surface area (TPSA) is 136 Å². The fourth-order valence-corrected chi connectivity index (χ4v) is 5.36. The Kier molecular flexibility index (Phi) is 6.88. The number of carbonyl (C=O) groups excluding carboxylic acids is 1. The van der Waals surface area contributed by atoms with E-state index in [9.17, 15) is 20.1 Å². The molecule has 202 valence electrons. The Morgan fingerprint density at radius 1 is 0.949 bits per heavy atom. The standard InChI is InChI=1S/C29H29N3O7/c1-16(33)38-15-23-26(34)27(35)28(36)29(39-23)32-13-21(30-31-32)14-37-12-11-17-5-6-20-8-7-18-3-2-4-19-9-10-22(17)25(20)24(18)19/h2-10,13,23,26-29,34-36H,11-12,14-15H2,1H3/t23-,26-,27+,28-,29-/m1/s1. The normalized spacial score (nSPS) is 23.6. The number of aromatic nitrogens is 3. The number of aliphatic hydroxyl groups is 3. The van der Waals surface area contributed by atoms with E-state index in [0.717, 1.165) is 0 Å². The molecule has 10 heteroatoms. The SMILES string of the molecule is CC(=O)OC[C@H]1O[C@@H](n2cc(COCCc3ccc4ccc5cccc6ccc3c4c56)nn2)[C@H](O)[C@@H](O)[C@@H]1O. The summed E-state index contributed by atoms with van der Waals surface area (Å²) in [4.78, 5) is 11.1. The molecule has 0 bridgehead atoms. The maximum atomic E-state index is 11.1. The number of hydrogen-bond donors (Lipinski definition) is 3. The fraction of sp³-hybridized carbons (Fsp3) is 0.345. The molecule has 0 saturated carbocycles. The average Bonchev–Trinajstić information content (AvgIpc) is 3.41. The van der Waals surface area contributed by atoms with E-state index in [1.165, 1.54) is 49.5 Å². The Labute approximate surface area is 223 Å². The van der Waals surface area contributed by atoms with Crippen LogP contribution < -0.4 is 0 Å². The third-order valence-corrected chi connectivity index (χ3v) is 7.34. The first-order chi connectivity index (χ1) is 18.9. The molecule has 0 radical (unpaired) electrons. The molecule has 2 heterocycles. The van der Waals surface area contributed by atoms with E-state index in [1.807, 2.05) is 0 Å². The van der Waals surface area contributed by atoms with Crippen molar-refractivity contribution in [3.63, 3.8) is 0 Å². The van der Waals surface area contributed by atoms with Gasteiger partial charge in [0, 0.05) is 6.92 Å². The van der Waals surface area contributed by atoms with E-state index >= 15 is 0 Å². The Hall–Kier alpha value is -3.67. The number of carbonyl (C=O) groups is 1. The van der Waals surface area contributed by atoms with Gasteiger partial charge in [-0.2, -0.15) is 0 Å². The third-order valence-electron chi connectivity index (χ3n) is 7.34. The maximum Gasteiger partial charge on any atom is 0.302 e. The Bertz CT molecular complexity index is 1600. The van der Waals surface area contributed by atoms with Crippen molar-refractivity contribution in [2.75, 3.05) is 13.2 Å². The molecule has 0 spiro atoms. The average molecular weight is 532 g/mol. The van der Waals surface area contributed by atoms with Crippen LogP contribution in [-0.2, 0) is 32.0 Å². The van der Waals surface area contributed by atoms with E-state index in [4.69, 9.17) is 14.2 Å². The summed E-state index contributed by atoms with van der Waals surface area (Å²) >= 11 is 0. The minimum absolute atomic E-state index is 0.191. The van der Waals surface area contributed by atoms with Gasteiger partial charge in [-0.25, -0.2) is 4.68 Å². The first-order valence-electron chi connectivity index (χ1n) is 12.9. The number of benzene rings is 4. The quantitative estimate of drug-likeness (QED) is 0.157. The second-order valence-corrected chi connectivity index (χ2v) is 9.91. The van der Waals surface area contributed by atoms with Gasteiger partial charge in [-0.3, -0.25) is 4.79 Å². The van der Waals surface area contributed by atoms with Crippen molar-refractivity contribution in [1.29, 1.82) is 0 Å². The molecule has 1 fully saturated rings. The van der Waals surface area contributed by atoms with Crippen molar-refractivity contribution in [1.82, 2.24) is 15.0 Å². The largest absolute Gasteiger partial charge is 0.463 e. The molecule has 0 unspecified atom stereocenters. The molecule has 1 aromatic heterocycles. The Morgan fingerprint density at radius 3 is 2.44 bits per heavy atom. The molecule has 0 amide bonds. The van der Waals surface area contributed by atoms with E-state index in [-0.39, 0.29) is 13.2 Å². The monoisotopic (exact) mass is 531 g/mol. The van der Waals surface area contributed by atoms with Gasteiger partial charge in [-0.15, -0.1) is 5.10 Å². The van der Waals surface area contributed by atoms with Crippen LogP contribution in [-0.4, -0.2) is 73.9 Å². The summed E-state index contributed by atoms with van der Waals surface area (Å²) in [6.07, 6.45) is -4.29. The molecule has 0 aliphatic carbocycles. The summed E-state index contributed by atoms with van der Waals surface area (Å²) in [6, 6.07) is 19.4. The van der Waals surface area contributed by atoms with E-state index in [1.54, 1.807) is 6.20 Å². The predicted octanol–water partition coefficient (Wildman–Crippen LogP) is 2.48. The van der Waals surface area contributed by atoms with Crippen LogP contribution in [0.3, 0.4) is 0 Å².